The molecule has 0 aliphatic rings. The highest BCUT2D eigenvalue weighted by Gasteiger charge is 2.43. The van der Waals surface area contributed by atoms with Crippen molar-refractivity contribution in [2.75, 3.05) is 5.32 Å². The van der Waals surface area contributed by atoms with Crippen molar-refractivity contribution in [1.82, 2.24) is 9.97 Å². The van der Waals surface area contributed by atoms with Crippen LogP contribution in [0.2, 0.25) is 0 Å². The topological polar surface area (TPSA) is 70.8 Å². The zero-order valence-corrected chi connectivity index (χ0v) is 14.1. The second-order valence-corrected chi connectivity index (χ2v) is 5.58. The first kappa shape index (κ1) is 19.1. The van der Waals surface area contributed by atoms with E-state index in [2.05, 4.69) is 20.0 Å². The molecule has 0 saturated carbocycles. The number of hydrogen-bond acceptors (Lipinski definition) is 5. The zero-order valence-electron chi connectivity index (χ0n) is 14.1. The molecule has 1 N–H and O–H groups in total. The Kier molecular flexibility index (Phi) is 5.40. The summed E-state index contributed by atoms with van der Waals surface area (Å²) < 4.78 is 54.7. The average molecular weight is 388 g/mol. The molecule has 0 unspecified atom stereocenters. The van der Waals surface area contributed by atoms with Gasteiger partial charge >= 0.3 is 12.5 Å². The predicted molar refractivity (Wildman–Crippen MR) is 93.5 cm³/mol. The highest BCUT2D eigenvalue weighted by Crippen LogP contribution is 2.29. The van der Waals surface area contributed by atoms with Crippen molar-refractivity contribution in [2.24, 2.45) is 0 Å². The van der Waals surface area contributed by atoms with Gasteiger partial charge in [0, 0.05) is 23.5 Å². The number of nitrogens with zero attached hydrogens (tertiary/aromatic N) is 3. The number of alkyl halides is 4. The highest BCUT2D eigenvalue weighted by molar-refractivity contribution is 5.64. The molecule has 28 heavy (non-hydrogen) atoms. The molecule has 0 bridgehead atoms. The first-order valence-corrected chi connectivity index (χ1v) is 7.93. The maximum atomic E-state index is 13.1. The Morgan fingerprint density at radius 2 is 1.86 bits per heavy atom. The van der Waals surface area contributed by atoms with Crippen molar-refractivity contribution < 1.29 is 22.3 Å². The molecule has 0 aliphatic carbocycles. The number of hydrogen-bond donors (Lipinski definition) is 1. The Hall–Kier alpha value is -3.67. The van der Waals surface area contributed by atoms with E-state index < -0.39 is 18.3 Å². The Morgan fingerprint density at radius 1 is 1.07 bits per heavy atom. The van der Waals surface area contributed by atoms with E-state index in [9.17, 15) is 17.6 Å². The minimum atomic E-state index is -4.60. The van der Waals surface area contributed by atoms with Crippen molar-refractivity contribution >= 4 is 11.6 Å². The molecule has 0 amide bonds. The van der Waals surface area contributed by atoms with Gasteiger partial charge < -0.3 is 10.1 Å². The molecule has 0 spiro atoms. The minimum Gasteiger partial charge on any atom is -0.428 e. The van der Waals surface area contributed by atoms with Gasteiger partial charge in [-0.1, -0.05) is 18.2 Å². The maximum Gasteiger partial charge on any atom is 0.461 e. The number of anilines is 2. The van der Waals surface area contributed by atoms with Crippen LogP contribution in [0, 0.1) is 11.3 Å². The van der Waals surface area contributed by atoms with Gasteiger partial charge in [-0.05, 0) is 30.3 Å². The van der Waals surface area contributed by atoms with E-state index >= 15 is 0 Å². The normalized spacial score (nSPS) is 11.1. The summed E-state index contributed by atoms with van der Waals surface area (Å²) in [6.07, 6.45) is -7.07. The van der Waals surface area contributed by atoms with E-state index in [-0.39, 0.29) is 11.6 Å². The number of halogens is 4. The first-order chi connectivity index (χ1) is 13.4. The fourth-order valence-electron chi connectivity index (χ4n) is 2.30. The lowest BCUT2D eigenvalue weighted by atomic mass is 10.1. The molecular weight excluding hydrogens is 376 g/mol. The van der Waals surface area contributed by atoms with Crippen LogP contribution in [0.3, 0.4) is 0 Å². The third kappa shape index (κ3) is 4.54. The number of ether oxygens (including phenoxy) is 1. The van der Waals surface area contributed by atoms with E-state index in [0.29, 0.717) is 16.8 Å². The van der Waals surface area contributed by atoms with Gasteiger partial charge in [0.05, 0.1) is 17.3 Å². The van der Waals surface area contributed by atoms with Gasteiger partial charge in [-0.3, -0.25) is 0 Å². The molecule has 5 nitrogen and oxygen atoms in total. The van der Waals surface area contributed by atoms with E-state index in [1.807, 2.05) is 6.07 Å². The third-order valence-electron chi connectivity index (χ3n) is 3.54. The summed E-state index contributed by atoms with van der Waals surface area (Å²) in [4.78, 5) is 8.34. The lowest BCUT2D eigenvalue weighted by Gasteiger charge is -2.17. The van der Waals surface area contributed by atoms with E-state index in [1.165, 1.54) is 18.3 Å². The molecule has 0 atom stereocenters. The highest BCUT2D eigenvalue weighted by atomic mass is 19.3. The third-order valence-corrected chi connectivity index (χ3v) is 3.54. The van der Waals surface area contributed by atoms with Crippen LogP contribution in [-0.4, -0.2) is 22.5 Å². The van der Waals surface area contributed by atoms with Crippen molar-refractivity contribution in [1.29, 1.82) is 5.26 Å². The van der Waals surface area contributed by atoms with Gasteiger partial charge in [0.25, 0.3) is 0 Å². The fourth-order valence-corrected chi connectivity index (χ4v) is 2.30. The second-order valence-electron chi connectivity index (χ2n) is 5.58. The summed E-state index contributed by atoms with van der Waals surface area (Å²) in [5, 5.41) is 11.8. The molecule has 0 aliphatic heterocycles. The number of benzene rings is 2. The van der Waals surface area contributed by atoms with Gasteiger partial charge in [-0.2, -0.15) is 22.8 Å². The lowest BCUT2D eigenvalue weighted by molar-refractivity contribution is -0.253. The molecular formula is C19H12F4N4O. The molecule has 1 aromatic heterocycles. The van der Waals surface area contributed by atoms with Gasteiger partial charge in [-0.25, -0.2) is 9.97 Å². The van der Waals surface area contributed by atoms with E-state index in [0.717, 1.165) is 12.1 Å². The van der Waals surface area contributed by atoms with Crippen LogP contribution in [-0.2, 0) is 0 Å². The second kappa shape index (κ2) is 7.92. The lowest BCUT2D eigenvalue weighted by Crippen LogP contribution is -2.33. The Balaban J connectivity index is 1.81. The van der Waals surface area contributed by atoms with Gasteiger partial charge in [0.15, 0.2) is 0 Å². The van der Waals surface area contributed by atoms with Gasteiger partial charge in [0.2, 0.25) is 5.95 Å². The summed E-state index contributed by atoms with van der Waals surface area (Å²) in [5.41, 5.74) is 1.96. The summed E-state index contributed by atoms with van der Waals surface area (Å²) in [7, 11) is 0. The number of aromatic nitrogens is 2. The molecule has 0 radical (unpaired) electrons. The summed E-state index contributed by atoms with van der Waals surface area (Å²) in [6, 6.07) is 15.6. The molecule has 0 fully saturated rings. The van der Waals surface area contributed by atoms with Crippen LogP contribution in [0.1, 0.15) is 5.56 Å². The SMILES string of the molecule is N#Cc1cccc(-c2ccnc(Nc3cccc(OC(F)(F)C(F)F)c3)n2)c1. The quantitative estimate of drug-likeness (QED) is 0.602. The van der Waals surface area contributed by atoms with Crippen LogP contribution in [0.5, 0.6) is 5.75 Å². The molecule has 3 rings (SSSR count). The van der Waals surface area contributed by atoms with Crippen LogP contribution < -0.4 is 10.1 Å². The summed E-state index contributed by atoms with van der Waals surface area (Å²) in [6.45, 7) is 0. The first-order valence-electron chi connectivity index (χ1n) is 7.93. The van der Waals surface area contributed by atoms with E-state index in [4.69, 9.17) is 5.26 Å². The standard InChI is InChI=1S/C19H12F4N4O/c20-17(21)19(22,23)28-15-6-2-5-14(10-15)26-18-25-8-7-16(27-18)13-4-1-3-12(9-13)11-24/h1-10,17H,(H,25,26,27). The Morgan fingerprint density at radius 3 is 2.61 bits per heavy atom. The monoisotopic (exact) mass is 388 g/mol. The van der Waals surface area contributed by atoms with E-state index in [1.54, 1.807) is 30.3 Å². The summed E-state index contributed by atoms with van der Waals surface area (Å²) in [5.74, 6) is -0.286. The maximum absolute atomic E-state index is 13.1. The minimum absolute atomic E-state index is 0.151. The van der Waals surface area contributed by atoms with Crippen LogP contribution in [0.15, 0.2) is 60.8 Å². The smallest absolute Gasteiger partial charge is 0.428 e. The van der Waals surface area contributed by atoms with Crippen LogP contribution >= 0.6 is 0 Å². The van der Waals surface area contributed by atoms with Crippen molar-refractivity contribution in [3.05, 3.63) is 66.4 Å². The van der Waals surface area contributed by atoms with Gasteiger partial charge in [0.1, 0.15) is 5.75 Å². The molecule has 2 aromatic carbocycles. The number of nitrogens with one attached hydrogen (secondary N) is 1. The van der Waals surface area contributed by atoms with Crippen molar-refractivity contribution in [3.63, 3.8) is 0 Å². The Labute approximate surface area is 157 Å². The zero-order chi connectivity index (χ0) is 20.1. The summed E-state index contributed by atoms with van der Waals surface area (Å²) >= 11 is 0. The number of rotatable bonds is 6. The molecule has 142 valence electrons. The largest absolute Gasteiger partial charge is 0.461 e. The Bertz CT molecular complexity index is 1020. The van der Waals surface area contributed by atoms with Crippen LogP contribution in [0.4, 0.5) is 29.2 Å². The average Bonchev–Trinajstić information content (AvgIpc) is 2.68. The van der Waals surface area contributed by atoms with Crippen molar-refractivity contribution in [3.8, 4) is 23.1 Å². The number of nitriles is 1. The fraction of sp³-hybridized carbons (Fsp3) is 0.105. The molecule has 9 heteroatoms. The predicted octanol–water partition coefficient (Wildman–Crippen LogP) is 5.00. The van der Waals surface area contributed by atoms with Crippen LogP contribution in [0.25, 0.3) is 11.3 Å². The molecule has 1 heterocycles. The molecule has 3 aromatic rings. The van der Waals surface area contributed by atoms with Crippen molar-refractivity contribution in [2.45, 2.75) is 12.5 Å². The molecule has 0 saturated heterocycles. The van der Waals surface area contributed by atoms with Gasteiger partial charge in [-0.15, -0.1) is 0 Å².